The molecule has 88 valence electrons. The summed E-state index contributed by atoms with van der Waals surface area (Å²) >= 11 is 0. The van der Waals surface area contributed by atoms with E-state index in [4.69, 9.17) is 0 Å². The van der Waals surface area contributed by atoms with Crippen LogP contribution in [0, 0.1) is 5.92 Å². The van der Waals surface area contributed by atoms with Gasteiger partial charge in [0.25, 0.3) is 0 Å². The standard InChI is InChI=1S/C11H11N3O3/c15-9-8(10(16)14-11(17)13-9)5-4-7-3-1-2-6-12-7/h1-3,6,8H,4-5H2,(H2,13,14,15,16,17). The summed E-state index contributed by atoms with van der Waals surface area (Å²) in [5.41, 5.74) is 0.810. The topological polar surface area (TPSA) is 88.2 Å². The molecule has 0 saturated carbocycles. The average molecular weight is 233 g/mol. The van der Waals surface area contributed by atoms with E-state index >= 15 is 0 Å². The van der Waals surface area contributed by atoms with Crippen molar-refractivity contribution in [2.24, 2.45) is 5.92 Å². The number of aromatic nitrogens is 1. The van der Waals surface area contributed by atoms with Crippen LogP contribution in [0.5, 0.6) is 0 Å². The predicted octanol–water partition coefficient (Wildman–Crippen LogP) is -0.00360. The molecular formula is C11H11N3O3. The van der Waals surface area contributed by atoms with E-state index in [1.54, 1.807) is 12.3 Å². The summed E-state index contributed by atoms with van der Waals surface area (Å²) in [6, 6.07) is 4.70. The molecule has 0 aromatic carbocycles. The maximum Gasteiger partial charge on any atom is 0.328 e. The minimum absolute atomic E-state index is 0.335. The first-order valence-electron chi connectivity index (χ1n) is 5.22. The molecule has 0 atom stereocenters. The molecule has 1 aliphatic heterocycles. The highest BCUT2D eigenvalue weighted by molar-refractivity contribution is 6.16. The number of pyridine rings is 1. The molecule has 1 aromatic heterocycles. The van der Waals surface area contributed by atoms with Crippen molar-refractivity contribution in [2.45, 2.75) is 12.8 Å². The molecule has 0 aliphatic carbocycles. The van der Waals surface area contributed by atoms with Crippen molar-refractivity contribution >= 4 is 17.8 Å². The summed E-state index contributed by atoms with van der Waals surface area (Å²) in [4.78, 5) is 37.8. The van der Waals surface area contributed by atoms with Gasteiger partial charge in [0, 0.05) is 11.9 Å². The molecule has 0 bridgehead atoms. The third kappa shape index (κ3) is 2.66. The van der Waals surface area contributed by atoms with Crippen LogP contribution in [-0.2, 0) is 16.0 Å². The summed E-state index contributed by atoms with van der Waals surface area (Å²) in [5.74, 6) is -1.92. The molecule has 6 heteroatoms. The number of barbiturate groups is 1. The van der Waals surface area contributed by atoms with Gasteiger partial charge in [-0.05, 0) is 25.0 Å². The van der Waals surface area contributed by atoms with Crippen molar-refractivity contribution in [3.05, 3.63) is 30.1 Å². The van der Waals surface area contributed by atoms with Crippen LogP contribution in [0.1, 0.15) is 12.1 Å². The van der Waals surface area contributed by atoms with Crippen LogP contribution in [0.15, 0.2) is 24.4 Å². The highest BCUT2D eigenvalue weighted by atomic mass is 16.2. The van der Waals surface area contributed by atoms with E-state index in [2.05, 4.69) is 15.6 Å². The van der Waals surface area contributed by atoms with Gasteiger partial charge in [0.15, 0.2) is 0 Å². The number of amides is 4. The van der Waals surface area contributed by atoms with E-state index in [0.29, 0.717) is 12.8 Å². The second-order valence-electron chi connectivity index (χ2n) is 3.72. The Bertz CT molecular complexity index is 438. The lowest BCUT2D eigenvalue weighted by atomic mass is 9.98. The number of carbonyl (C=O) groups excluding carboxylic acids is 3. The van der Waals surface area contributed by atoms with E-state index in [-0.39, 0.29) is 0 Å². The quantitative estimate of drug-likeness (QED) is 0.719. The second-order valence-corrected chi connectivity index (χ2v) is 3.72. The monoisotopic (exact) mass is 233 g/mol. The van der Waals surface area contributed by atoms with Crippen molar-refractivity contribution in [1.29, 1.82) is 0 Å². The maximum atomic E-state index is 11.4. The summed E-state index contributed by atoms with van der Waals surface area (Å²) in [6.07, 6.45) is 2.50. The third-order valence-electron chi connectivity index (χ3n) is 2.52. The normalized spacial score (nSPS) is 16.6. The Kier molecular flexibility index (Phi) is 3.13. The van der Waals surface area contributed by atoms with E-state index in [0.717, 1.165) is 5.69 Å². The number of urea groups is 1. The molecule has 0 unspecified atom stereocenters. The zero-order chi connectivity index (χ0) is 12.3. The first-order valence-corrected chi connectivity index (χ1v) is 5.22. The van der Waals surface area contributed by atoms with Gasteiger partial charge in [-0.2, -0.15) is 0 Å². The van der Waals surface area contributed by atoms with E-state index < -0.39 is 23.8 Å². The summed E-state index contributed by atoms with van der Waals surface area (Å²) in [5, 5.41) is 4.13. The summed E-state index contributed by atoms with van der Waals surface area (Å²) < 4.78 is 0. The van der Waals surface area contributed by atoms with Gasteiger partial charge in [-0.15, -0.1) is 0 Å². The lowest BCUT2D eigenvalue weighted by Crippen LogP contribution is -2.55. The largest absolute Gasteiger partial charge is 0.328 e. The Morgan fingerprint density at radius 2 is 1.82 bits per heavy atom. The lowest BCUT2D eigenvalue weighted by molar-refractivity contribution is -0.136. The van der Waals surface area contributed by atoms with Crippen molar-refractivity contribution < 1.29 is 14.4 Å². The van der Waals surface area contributed by atoms with Crippen molar-refractivity contribution in [1.82, 2.24) is 15.6 Å². The minimum Gasteiger partial charge on any atom is -0.277 e. The van der Waals surface area contributed by atoms with Gasteiger partial charge in [-0.25, -0.2) is 4.79 Å². The Hall–Kier alpha value is -2.24. The number of nitrogens with zero attached hydrogens (tertiary/aromatic N) is 1. The van der Waals surface area contributed by atoms with Gasteiger partial charge >= 0.3 is 6.03 Å². The van der Waals surface area contributed by atoms with Gasteiger partial charge in [-0.3, -0.25) is 25.2 Å². The summed E-state index contributed by atoms with van der Waals surface area (Å²) in [6.45, 7) is 0. The van der Waals surface area contributed by atoms with E-state index in [1.165, 1.54) is 0 Å². The lowest BCUT2D eigenvalue weighted by Gasteiger charge is -2.20. The molecule has 1 aromatic rings. The van der Waals surface area contributed by atoms with Crippen LogP contribution < -0.4 is 10.6 Å². The molecule has 17 heavy (non-hydrogen) atoms. The molecular weight excluding hydrogens is 222 g/mol. The molecule has 1 fully saturated rings. The number of nitrogens with one attached hydrogen (secondary N) is 2. The van der Waals surface area contributed by atoms with Crippen LogP contribution >= 0.6 is 0 Å². The molecule has 2 rings (SSSR count). The van der Waals surface area contributed by atoms with Gasteiger partial charge in [-0.1, -0.05) is 6.07 Å². The molecule has 6 nitrogen and oxygen atoms in total. The Labute approximate surface area is 97.4 Å². The zero-order valence-corrected chi connectivity index (χ0v) is 8.97. The fourth-order valence-electron chi connectivity index (χ4n) is 1.65. The van der Waals surface area contributed by atoms with Crippen molar-refractivity contribution in [2.75, 3.05) is 0 Å². The smallest absolute Gasteiger partial charge is 0.277 e. The van der Waals surface area contributed by atoms with Crippen LogP contribution in [-0.4, -0.2) is 22.8 Å². The first-order chi connectivity index (χ1) is 8.16. The Balaban J connectivity index is 1.97. The Morgan fingerprint density at radius 1 is 1.12 bits per heavy atom. The maximum absolute atomic E-state index is 11.4. The zero-order valence-electron chi connectivity index (χ0n) is 8.97. The Morgan fingerprint density at radius 3 is 2.41 bits per heavy atom. The number of hydrogen-bond acceptors (Lipinski definition) is 4. The SMILES string of the molecule is O=C1NC(=O)C(CCc2ccccn2)C(=O)N1. The van der Waals surface area contributed by atoms with Crippen molar-refractivity contribution in [3.63, 3.8) is 0 Å². The molecule has 1 aliphatic rings. The van der Waals surface area contributed by atoms with E-state index in [9.17, 15) is 14.4 Å². The van der Waals surface area contributed by atoms with Gasteiger partial charge < -0.3 is 0 Å². The molecule has 4 amide bonds. The van der Waals surface area contributed by atoms with Gasteiger partial charge in [0.05, 0.1) is 0 Å². The van der Waals surface area contributed by atoms with Gasteiger partial charge in [0.2, 0.25) is 11.8 Å². The van der Waals surface area contributed by atoms with Crippen molar-refractivity contribution in [3.8, 4) is 0 Å². The minimum atomic E-state index is -0.824. The highest BCUT2D eigenvalue weighted by Crippen LogP contribution is 2.11. The van der Waals surface area contributed by atoms with Crippen LogP contribution in [0.3, 0.4) is 0 Å². The fraction of sp³-hybridized carbons (Fsp3) is 0.273. The van der Waals surface area contributed by atoms with Gasteiger partial charge in [0.1, 0.15) is 5.92 Å². The number of rotatable bonds is 3. The summed E-state index contributed by atoms with van der Waals surface area (Å²) in [7, 11) is 0. The number of aryl methyl sites for hydroxylation is 1. The molecule has 0 radical (unpaired) electrons. The van der Waals surface area contributed by atoms with E-state index in [1.807, 2.05) is 12.1 Å². The molecule has 2 N–H and O–H groups in total. The second kappa shape index (κ2) is 4.73. The number of imide groups is 2. The first kappa shape index (κ1) is 11.3. The predicted molar refractivity (Wildman–Crippen MR) is 57.7 cm³/mol. The van der Waals surface area contributed by atoms with Crippen LogP contribution in [0.25, 0.3) is 0 Å². The number of carbonyl (C=O) groups is 3. The van der Waals surface area contributed by atoms with Crippen LogP contribution in [0.2, 0.25) is 0 Å². The number of hydrogen-bond donors (Lipinski definition) is 2. The average Bonchev–Trinajstić information content (AvgIpc) is 2.29. The molecule has 0 spiro atoms. The highest BCUT2D eigenvalue weighted by Gasteiger charge is 2.33. The fourth-order valence-corrected chi connectivity index (χ4v) is 1.65. The third-order valence-corrected chi connectivity index (χ3v) is 2.52. The molecule has 1 saturated heterocycles. The molecule has 2 heterocycles. The van der Waals surface area contributed by atoms with Crippen LogP contribution in [0.4, 0.5) is 4.79 Å².